The predicted octanol–water partition coefficient (Wildman–Crippen LogP) is 3.03. The second kappa shape index (κ2) is 7.60. The summed E-state index contributed by atoms with van der Waals surface area (Å²) in [4.78, 5) is 14.3. The van der Waals surface area contributed by atoms with E-state index in [0.29, 0.717) is 18.4 Å². The Morgan fingerprint density at radius 1 is 1.19 bits per heavy atom. The van der Waals surface area contributed by atoms with E-state index in [9.17, 15) is 4.79 Å². The molecular weight excluding hydrogens is 260 g/mol. The molecular formula is C18H28N2O. The van der Waals surface area contributed by atoms with E-state index in [-0.39, 0.29) is 11.9 Å². The summed E-state index contributed by atoms with van der Waals surface area (Å²) in [6, 6.07) is 11.0. The van der Waals surface area contributed by atoms with Gasteiger partial charge in [-0.3, -0.25) is 9.69 Å². The number of nitrogens with one attached hydrogen (secondary N) is 1. The van der Waals surface area contributed by atoms with Crippen LogP contribution in [-0.2, 0) is 4.79 Å². The van der Waals surface area contributed by atoms with Crippen LogP contribution in [0.3, 0.4) is 0 Å². The Morgan fingerprint density at radius 2 is 1.81 bits per heavy atom. The number of hydrogen-bond acceptors (Lipinski definition) is 2. The molecule has 116 valence electrons. The van der Waals surface area contributed by atoms with Crippen molar-refractivity contribution in [2.75, 3.05) is 19.6 Å². The van der Waals surface area contributed by atoms with Gasteiger partial charge in [-0.1, -0.05) is 44.2 Å². The molecule has 0 spiro atoms. The van der Waals surface area contributed by atoms with E-state index in [2.05, 4.69) is 61.3 Å². The van der Waals surface area contributed by atoms with Crippen LogP contribution in [0.4, 0.5) is 0 Å². The van der Waals surface area contributed by atoms with Crippen LogP contribution in [0.25, 0.3) is 0 Å². The third-order valence-electron chi connectivity index (χ3n) is 4.61. The summed E-state index contributed by atoms with van der Waals surface area (Å²) in [5.41, 5.74) is 1.44. The highest BCUT2D eigenvalue weighted by Gasteiger charge is 2.22. The molecule has 3 nitrogen and oxygen atoms in total. The molecule has 0 bridgehead atoms. The number of rotatable bonds is 5. The Bertz CT molecular complexity index is 436. The number of carbonyl (C=O) groups excluding carboxylic acids is 1. The van der Waals surface area contributed by atoms with Crippen LogP contribution in [0, 0.1) is 5.92 Å². The van der Waals surface area contributed by atoms with Crippen LogP contribution in [-0.4, -0.2) is 36.5 Å². The molecule has 21 heavy (non-hydrogen) atoms. The molecule has 1 saturated heterocycles. The average molecular weight is 288 g/mol. The summed E-state index contributed by atoms with van der Waals surface area (Å²) < 4.78 is 0. The highest BCUT2D eigenvalue weighted by Crippen LogP contribution is 2.27. The molecule has 1 N–H and O–H groups in total. The third kappa shape index (κ3) is 4.85. The van der Waals surface area contributed by atoms with Gasteiger partial charge in [0.2, 0.25) is 5.91 Å². The molecule has 0 saturated carbocycles. The normalized spacial score (nSPS) is 18.7. The molecule has 1 amide bonds. The van der Waals surface area contributed by atoms with E-state index in [0.717, 1.165) is 25.9 Å². The first kappa shape index (κ1) is 16.0. The van der Waals surface area contributed by atoms with Gasteiger partial charge in [0.05, 0.1) is 6.54 Å². The van der Waals surface area contributed by atoms with Crippen LogP contribution in [0.5, 0.6) is 0 Å². The molecule has 3 heteroatoms. The van der Waals surface area contributed by atoms with E-state index in [4.69, 9.17) is 0 Å². The monoisotopic (exact) mass is 288 g/mol. The molecule has 0 aliphatic carbocycles. The Hall–Kier alpha value is -1.35. The molecule has 1 fully saturated rings. The van der Waals surface area contributed by atoms with Crippen LogP contribution >= 0.6 is 0 Å². The lowest BCUT2D eigenvalue weighted by atomic mass is 9.89. The highest BCUT2D eigenvalue weighted by atomic mass is 16.2. The SMILES string of the molecule is CC(C)C(C)NC(=O)CN1CCC(c2ccccc2)CC1. The molecule has 1 aliphatic heterocycles. The quantitative estimate of drug-likeness (QED) is 0.903. The smallest absolute Gasteiger partial charge is 0.234 e. The molecule has 1 aliphatic rings. The number of likely N-dealkylation sites (tertiary alicyclic amines) is 1. The maximum atomic E-state index is 12.0. The van der Waals surface area contributed by atoms with Gasteiger partial charge in [-0.05, 0) is 50.3 Å². The lowest BCUT2D eigenvalue weighted by Crippen LogP contribution is -2.44. The number of nitrogens with zero attached hydrogens (tertiary/aromatic N) is 1. The van der Waals surface area contributed by atoms with Gasteiger partial charge in [0.1, 0.15) is 0 Å². The van der Waals surface area contributed by atoms with Crippen molar-refractivity contribution in [2.24, 2.45) is 5.92 Å². The third-order valence-corrected chi connectivity index (χ3v) is 4.61. The first-order valence-corrected chi connectivity index (χ1v) is 8.13. The van der Waals surface area contributed by atoms with Crippen molar-refractivity contribution < 1.29 is 4.79 Å². The van der Waals surface area contributed by atoms with Crippen molar-refractivity contribution in [3.63, 3.8) is 0 Å². The molecule has 1 heterocycles. The van der Waals surface area contributed by atoms with Gasteiger partial charge in [-0.2, -0.15) is 0 Å². The predicted molar refractivity (Wildman–Crippen MR) is 87.3 cm³/mol. The van der Waals surface area contributed by atoms with Gasteiger partial charge in [-0.25, -0.2) is 0 Å². The number of piperidine rings is 1. The summed E-state index contributed by atoms with van der Waals surface area (Å²) in [6.45, 7) is 8.92. The van der Waals surface area contributed by atoms with E-state index in [1.165, 1.54) is 5.56 Å². The lowest BCUT2D eigenvalue weighted by molar-refractivity contribution is -0.123. The molecule has 2 rings (SSSR count). The fourth-order valence-electron chi connectivity index (χ4n) is 2.82. The summed E-state index contributed by atoms with van der Waals surface area (Å²) in [5.74, 6) is 1.30. The highest BCUT2D eigenvalue weighted by molar-refractivity contribution is 5.78. The fourth-order valence-corrected chi connectivity index (χ4v) is 2.82. The van der Waals surface area contributed by atoms with E-state index >= 15 is 0 Å². The molecule has 0 radical (unpaired) electrons. The lowest BCUT2D eigenvalue weighted by Gasteiger charge is -2.32. The Morgan fingerprint density at radius 3 is 2.38 bits per heavy atom. The zero-order chi connectivity index (χ0) is 15.2. The zero-order valence-electron chi connectivity index (χ0n) is 13.5. The molecule has 1 atom stereocenters. The largest absolute Gasteiger partial charge is 0.352 e. The Balaban J connectivity index is 1.75. The van der Waals surface area contributed by atoms with Gasteiger partial charge < -0.3 is 5.32 Å². The molecule has 1 unspecified atom stereocenters. The van der Waals surface area contributed by atoms with Gasteiger partial charge >= 0.3 is 0 Å². The van der Waals surface area contributed by atoms with Gasteiger partial charge in [-0.15, -0.1) is 0 Å². The zero-order valence-corrected chi connectivity index (χ0v) is 13.5. The number of amides is 1. The summed E-state index contributed by atoms with van der Waals surface area (Å²) in [6.07, 6.45) is 2.30. The van der Waals surface area contributed by atoms with E-state index in [1.54, 1.807) is 0 Å². The van der Waals surface area contributed by atoms with Gasteiger partial charge in [0, 0.05) is 6.04 Å². The van der Waals surface area contributed by atoms with E-state index in [1.807, 2.05) is 0 Å². The van der Waals surface area contributed by atoms with Crippen LogP contribution in [0.2, 0.25) is 0 Å². The number of carbonyl (C=O) groups is 1. The molecule has 1 aromatic carbocycles. The van der Waals surface area contributed by atoms with Crippen LogP contribution < -0.4 is 5.32 Å². The second-order valence-electron chi connectivity index (χ2n) is 6.56. The van der Waals surface area contributed by atoms with Crippen molar-refractivity contribution >= 4 is 5.91 Å². The van der Waals surface area contributed by atoms with E-state index < -0.39 is 0 Å². The first-order valence-electron chi connectivity index (χ1n) is 8.13. The molecule has 1 aromatic rings. The van der Waals surface area contributed by atoms with Gasteiger partial charge in [0.25, 0.3) is 0 Å². The number of hydrogen-bond donors (Lipinski definition) is 1. The van der Waals surface area contributed by atoms with Crippen LogP contribution in [0.1, 0.15) is 45.1 Å². The fraction of sp³-hybridized carbons (Fsp3) is 0.611. The standard InChI is InChI=1S/C18H28N2O/c1-14(2)15(3)19-18(21)13-20-11-9-17(10-12-20)16-7-5-4-6-8-16/h4-8,14-15,17H,9-13H2,1-3H3,(H,19,21). The average Bonchev–Trinajstić information content (AvgIpc) is 2.48. The first-order chi connectivity index (χ1) is 10.1. The van der Waals surface area contributed by atoms with Crippen molar-refractivity contribution in [1.82, 2.24) is 10.2 Å². The van der Waals surface area contributed by atoms with Crippen molar-refractivity contribution in [3.8, 4) is 0 Å². The Labute approximate surface area is 128 Å². The van der Waals surface area contributed by atoms with Crippen LogP contribution in [0.15, 0.2) is 30.3 Å². The summed E-state index contributed by atoms with van der Waals surface area (Å²) >= 11 is 0. The second-order valence-corrected chi connectivity index (χ2v) is 6.56. The molecule has 0 aromatic heterocycles. The minimum Gasteiger partial charge on any atom is -0.352 e. The van der Waals surface area contributed by atoms with Gasteiger partial charge in [0.15, 0.2) is 0 Å². The maximum absolute atomic E-state index is 12.0. The maximum Gasteiger partial charge on any atom is 0.234 e. The topological polar surface area (TPSA) is 32.3 Å². The number of benzene rings is 1. The minimum absolute atomic E-state index is 0.161. The summed E-state index contributed by atoms with van der Waals surface area (Å²) in [5, 5.41) is 3.09. The van der Waals surface area contributed by atoms with Crippen molar-refractivity contribution in [2.45, 2.75) is 45.6 Å². The Kier molecular flexibility index (Phi) is 5.80. The minimum atomic E-state index is 0.161. The summed E-state index contributed by atoms with van der Waals surface area (Å²) in [7, 11) is 0. The van der Waals surface area contributed by atoms with Crippen molar-refractivity contribution in [3.05, 3.63) is 35.9 Å². The van der Waals surface area contributed by atoms with Crippen molar-refractivity contribution in [1.29, 1.82) is 0 Å².